The molecule has 5 aromatic rings. The van der Waals surface area contributed by atoms with Gasteiger partial charge >= 0.3 is 0 Å². The lowest BCUT2D eigenvalue weighted by atomic mass is 9.95. The summed E-state index contributed by atoms with van der Waals surface area (Å²) in [5.74, 6) is 1.55. The van der Waals surface area contributed by atoms with Gasteiger partial charge in [-0.05, 0) is 55.3 Å². The van der Waals surface area contributed by atoms with Gasteiger partial charge in [0, 0.05) is 35.8 Å². The molecule has 1 saturated heterocycles. The number of para-hydroxylation sites is 2. The lowest BCUT2D eigenvalue weighted by Gasteiger charge is -2.33. The van der Waals surface area contributed by atoms with Gasteiger partial charge in [0.05, 0.1) is 11.3 Å². The molecule has 1 aliphatic heterocycles. The minimum Gasteiger partial charge on any atom is -0.356 e. The normalized spacial score (nSPS) is 14.0. The second-order valence-corrected chi connectivity index (χ2v) is 10.3. The van der Waals surface area contributed by atoms with Crippen molar-refractivity contribution in [2.24, 2.45) is 0 Å². The van der Waals surface area contributed by atoms with E-state index in [0.717, 1.165) is 54.2 Å². The number of carbonyl (C=O) groups is 1. The van der Waals surface area contributed by atoms with E-state index in [1.54, 1.807) is 18.5 Å². The molecule has 0 bridgehead atoms. The third-order valence-corrected chi connectivity index (χ3v) is 7.72. The molecule has 196 valence electrons. The van der Waals surface area contributed by atoms with Crippen molar-refractivity contribution in [3.63, 3.8) is 0 Å². The Bertz CT molecular complexity index is 1600. The number of amides is 1. The van der Waals surface area contributed by atoms with Crippen LogP contribution in [0.5, 0.6) is 0 Å². The maximum atomic E-state index is 13.5. The first-order valence-corrected chi connectivity index (χ1v) is 13.8. The molecule has 0 unspecified atom stereocenters. The average molecular weight is 540 g/mol. The number of halogens is 1. The molecule has 0 atom stereocenters. The van der Waals surface area contributed by atoms with Crippen LogP contribution in [0.4, 0.5) is 15.9 Å². The Morgan fingerprint density at radius 2 is 1.74 bits per heavy atom. The fourth-order valence-electron chi connectivity index (χ4n) is 4.94. The van der Waals surface area contributed by atoms with Crippen LogP contribution in [0.2, 0.25) is 0 Å². The highest BCUT2D eigenvalue weighted by molar-refractivity contribution is 7.99. The molecule has 6 rings (SSSR count). The zero-order valence-electron chi connectivity index (χ0n) is 21.1. The zero-order chi connectivity index (χ0) is 26.6. The van der Waals surface area contributed by atoms with Crippen molar-refractivity contribution in [2.45, 2.75) is 23.9 Å². The predicted molar refractivity (Wildman–Crippen MR) is 151 cm³/mol. The number of thioether (sulfide) groups is 1. The van der Waals surface area contributed by atoms with Gasteiger partial charge in [0.2, 0.25) is 5.91 Å². The summed E-state index contributed by atoms with van der Waals surface area (Å²) >= 11 is 1.31. The van der Waals surface area contributed by atoms with Gasteiger partial charge in [-0.3, -0.25) is 9.36 Å². The first-order valence-electron chi connectivity index (χ1n) is 12.8. The number of benzene rings is 3. The van der Waals surface area contributed by atoms with Crippen LogP contribution in [0.1, 0.15) is 24.6 Å². The highest BCUT2D eigenvalue weighted by Gasteiger charge is 2.28. The van der Waals surface area contributed by atoms with Crippen LogP contribution in [0, 0.1) is 5.82 Å². The van der Waals surface area contributed by atoms with E-state index < -0.39 is 5.82 Å². The van der Waals surface area contributed by atoms with Crippen molar-refractivity contribution < 1.29 is 9.18 Å². The molecule has 8 nitrogen and oxygen atoms in total. The Morgan fingerprint density at radius 3 is 2.56 bits per heavy atom. The Kier molecular flexibility index (Phi) is 7.18. The number of rotatable bonds is 7. The predicted octanol–water partition coefficient (Wildman–Crippen LogP) is 5.46. The van der Waals surface area contributed by atoms with Gasteiger partial charge < -0.3 is 10.2 Å². The van der Waals surface area contributed by atoms with Crippen LogP contribution >= 0.6 is 11.8 Å². The Morgan fingerprint density at radius 1 is 0.949 bits per heavy atom. The summed E-state index contributed by atoms with van der Waals surface area (Å²) in [6.45, 7) is 1.68. The second kappa shape index (κ2) is 11.2. The summed E-state index contributed by atoms with van der Waals surface area (Å²) in [7, 11) is 0. The van der Waals surface area contributed by atoms with Gasteiger partial charge in [0.25, 0.3) is 0 Å². The number of fused-ring (bicyclic) bond motifs is 1. The fraction of sp³-hybridized carbons (Fsp3) is 0.207. The molecule has 3 aromatic carbocycles. The van der Waals surface area contributed by atoms with Crippen LogP contribution in [0.25, 0.3) is 16.6 Å². The van der Waals surface area contributed by atoms with Gasteiger partial charge in [0.15, 0.2) is 5.16 Å². The van der Waals surface area contributed by atoms with Crippen LogP contribution in [0.3, 0.4) is 0 Å². The molecule has 2 aromatic heterocycles. The largest absolute Gasteiger partial charge is 0.356 e. The quantitative estimate of drug-likeness (QED) is 0.275. The Labute approximate surface area is 229 Å². The molecular formula is C29H26FN7OS. The van der Waals surface area contributed by atoms with E-state index in [9.17, 15) is 9.18 Å². The molecule has 10 heteroatoms. The first-order chi connectivity index (χ1) is 19.2. The number of carbonyl (C=O) groups excluding carboxylic acids is 1. The van der Waals surface area contributed by atoms with Gasteiger partial charge in [0.1, 0.15) is 23.8 Å². The SMILES string of the molecule is O=C(CSc1nnc(C2CCN(c3ncnc4ccccc34)CC2)n1-c1ccccc1)Nc1cccc(F)c1. The number of nitrogens with one attached hydrogen (secondary N) is 1. The van der Waals surface area contributed by atoms with Gasteiger partial charge in [-0.1, -0.05) is 48.2 Å². The van der Waals surface area contributed by atoms with Crippen LogP contribution in [0.15, 0.2) is 90.3 Å². The number of anilines is 2. The third kappa shape index (κ3) is 5.46. The summed E-state index contributed by atoms with van der Waals surface area (Å²) in [5.41, 5.74) is 2.32. The maximum Gasteiger partial charge on any atom is 0.234 e. The second-order valence-electron chi connectivity index (χ2n) is 9.33. The molecule has 0 spiro atoms. The number of piperidine rings is 1. The lowest BCUT2D eigenvalue weighted by molar-refractivity contribution is -0.113. The van der Waals surface area contributed by atoms with E-state index in [4.69, 9.17) is 0 Å². The van der Waals surface area contributed by atoms with Gasteiger partial charge in [-0.25, -0.2) is 14.4 Å². The van der Waals surface area contributed by atoms with Crippen molar-refractivity contribution in [3.05, 3.63) is 96.8 Å². The molecule has 1 fully saturated rings. The van der Waals surface area contributed by atoms with Crippen LogP contribution in [-0.2, 0) is 4.79 Å². The van der Waals surface area contributed by atoms with Crippen molar-refractivity contribution in [2.75, 3.05) is 29.1 Å². The molecule has 3 heterocycles. The van der Waals surface area contributed by atoms with Crippen molar-refractivity contribution in [1.82, 2.24) is 24.7 Å². The van der Waals surface area contributed by atoms with E-state index in [2.05, 4.69) is 41.0 Å². The van der Waals surface area contributed by atoms with E-state index in [0.29, 0.717) is 10.8 Å². The van der Waals surface area contributed by atoms with E-state index in [-0.39, 0.29) is 17.6 Å². The smallest absolute Gasteiger partial charge is 0.234 e. The van der Waals surface area contributed by atoms with Crippen molar-refractivity contribution >= 4 is 40.1 Å². The standard InChI is InChI=1S/C29H26FN7OS/c30-21-7-6-8-22(17-21)33-26(38)18-39-29-35-34-27(37(29)23-9-2-1-3-10-23)20-13-15-36(16-14-20)28-24-11-4-5-12-25(24)31-19-32-28/h1-12,17,19-20H,13-16,18H2,(H,33,38). The fourth-order valence-corrected chi connectivity index (χ4v) is 5.70. The highest BCUT2D eigenvalue weighted by atomic mass is 32.2. The van der Waals surface area contributed by atoms with Crippen LogP contribution in [-0.4, -0.2) is 49.5 Å². The third-order valence-electron chi connectivity index (χ3n) is 6.79. The van der Waals surface area contributed by atoms with Crippen LogP contribution < -0.4 is 10.2 Å². The number of nitrogens with zero attached hydrogens (tertiary/aromatic N) is 6. The summed E-state index contributed by atoms with van der Waals surface area (Å²) < 4.78 is 15.5. The average Bonchev–Trinajstić information content (AvgIpc) is 3.40. The van der Waals surface area contributed by atoms with Crippen molar-refractivity contribution in [1.29, 1.82) is 0 Å². The minimum absolute atomic E-state index is 0.126. The number of hydrogen-bond donors (Lipinski definition) is 1. The molecule has 1 aliphatic rings. The number of aromatic nitrogens is 5. The van der Waals surface area contributed by atoms with E-state index in [1.165, 1.54) is 23.9 Å². The minimum atomic E-state index is -0.395. The molecule has 39 heavy (non-hydrogen) atoms. The van der Waals surface area contributed by atoms with Gasteiger partial charge in [-0.15, -0.1) is 10.2 Å². The topological polar surface area (TPSA) is 88.8 Å². The molecule has 1 N–H and O–H groups in total. The first kappa shape index (κ1) is 25.0. The zero-order valence-corrected chi connectivity index (χ0v) is 21.9. The van der Waals surface area contributed by atoms with E-state index in [1.807, 2.05) is 48.5 Å². The molecule has 0 saturated carbocycles. The maximum absolute atomic E-state index is 13.5. The number of hydrogen-bond acceptors (Lipinski definition) is 7. The summed E-state index contributed by atoms with van der Waals surface area (Å²) in [5, 5.41) is 13.5. The highest BCUT2D eigenvalue weighted by Crippen LogP contribution is 2.34. The Hall–Kier alpha value is -4.31. The molecule has 0 radical (unpaired) electrons. The molecular weight excluding hydrogens is 513 g/mol. The van der Waals surface area contributed by atoms with E-state index >= 15 is 0 Å². The Balaban J connectivity index is 1.19. The summed E-state index contributed by atoms with van der Waals surface area (Å²) in [6, 6.07) is 23.9. The molecule has 0 aliphatic carbocycles. The molecule has 1 amide bonds. The van der Waals surface area contributed by atoms with Crippen molar-refractivity contribution in [3.8, 4) is 5.69 Å². The summed E-state index contributed by atoms with van der Waals surface area (Å²) in [6.07, 6.45) is 3.42. The van der Waals surface area contributed by atoms with Gasteiger partial charge in [-0.2, -0.15) is 0 Å². The summed E-state index contributed by atoms with van der Waals surface area (Å²) in [4.78, 5) is 23.9. The lowest BCUT2D eigenvalue weighted by Crippen LogP contribution is -2.34. The monoisotopic (exact) mass is 539 g/mol.